The zero-order valence-electron chi connectivity index (χ0n) is 11.4. The quantitative estimate of drug-likeness (QED) is 0.917. The molecule has 0 saturated heterocycles. The lowest BCUT2D eigenvalue weighted by atomic mass is 10.1. The van der Waals surface area contributed by atoms with E-state index in [4.69, 9.17) is 4.74 Å². The van der Waals surface area contributed by atoms with Gasteiger partial charge < -0.3 is 4.74 Å². The third-order valence-corrected chi connectivity index (χ3v) is 2.98. The molecular formula is C15H15F3N2O. The van der Waals surface area contributed by atoms with Crippen LogP contribution in [0.2, 0.25) is 0 Å². The monoisotopic (exact) mass is 296 g/mol. The third kappa shape index (κ3) is 4.19. The van der Waals surface area contributed by atoms with Crippen LogP contribution in [0.3, 0.4) is 0 Å². The number of pyridine rings is 1. The molecule has 0 aliphatic rings. The number of benzene rings is 1. The van der Waals surface area contributed by atoms with Gasteiger partial charge in [0.2, 0.25) is 5.88 Å². The van der Waals surface area contributed by atoms with Crippen molar-refractivity contribution in [1.29, 1.82) is 0 Å². The summed E-state index contributed by atoms with van der Waals surface area (Å²) in [6.07, 6.45) is -2.86. The highest BCUT2D eigenvalue weighted by Crippen LogP contribution is 2.32. The number of ether oxygens (including phenoxy) is 1. The zero-order chi connectivity index (χ0) is 15.3. The molecule has 1 unspecified atom stereocenters. The number of hydrogen-bond donors (Lipinski definition) is 1. The first-order valence-electron chi connectivity index (χ1n) is 6.34. The maximum absolute atomic E-state index is 13.2. The van der Waals surface area contributed by atoms with E-state index in [9.17, 15) is 13.2 Å². The van der Waals surface area contributed by atoms with E-state index in [2.05, 4.69) is 10.3 Å². The van der Waals surface area contributed by atoms with Crippen LogP contribution < -0.4 is 10.1 Å². The summed E-state index contributed by atoms with van der Waals surface area (Å²) in [5.74, 6) is 0.373. The highest BCUT2D eigenvalue weighted by atomic mass is 19.4. The molecule has 21 heavy (non-hydrogen) atoms. The minimum Gasteiger partial charge on any atom is -0.481 e. The van der Waals surface area contributed by atoms with Crippen molar-refractivity contribution in [1.82, 2.24) is 10.3 Å². The Kier molecular flexibility index (Phi) is 4.80. The number of methoxy groups -OCH3 is 1. The minimum absolute atomic E-state index is 0.0674. The van der Waals surface area contributed by atoms with Gasteiger partial charge in [0.25, 0.3) is 0 Å². The predicted molar refractivity (Wildman–Crippen MR) is 72.9 cm³/mol. The Morgan fingerprint density at radius 1 is 1.19 bits per heavy atom. The number of alkyl halides is 3. The van der Waals surface area contributed by atoms with Gasteiger partial charge in [-0.1, -0.05) is 30.3 Å². The molecule has 1 heterocycles. The molecule has 0 radical (unpaired) electrons. The van der Waals surface area contributed by atoms with Crippen LogP contribution in [-0.4, -0.2) is 18.3 Å². The van der Waals surface area contributed by atoms with Crippen molar-refractivity contribution < 1.29 is 17.9 Å². The average Bonchev–Trinajstić information content (AvgIpc) is 2.47. The second-order valence-electron chi connectivity index (χ2n) is 4.47. The van der Waals surface area contributed by atoms with Crippen molar-refractivity contribution >= 4 is 0 Å². The van der Waals surface area contributed by atoms with E-state index in [1.54, 1.807) is 30.3 Å². The van der Waals surface area contributed by atoms with Gasteiger partial charge in [-0.25, -0.2) is 4.98 Å². The Morgan fingerprint density at radius 2 is 1.90 bits per heavy atom. The van der Waals surface area contributed by atoms with Gasteiger partial charge in [0.15, 0.2) is 0 Å². The van der Waals surface area contributed by atoms with Crippen molar-refractivity contribution in [2.45, 2.75) is 18.8 Å². The Balaban J connectivity index is 2.13. The number of nitrogens with zero attached hydrogens (tertiary/aromatic N) is 1. The predicted octanol–water partition coefficient (Wildman–Crippen LogP) is 3.48. The standard InChI is InChI=1S/C15H15F3N2O/c1-21-13-9-11(7-8-19-13)10-20-14(15(16,17)18)12-5-3-2-4-6-12/h2-9,14,20H,10H2,1H3. The maximum atomic E-state index is 13.2. The van der Waals surface area contributed by atoms with E-state index in [1.807, 2.05) is 0 Å². The fraction of sp³-hybridized carbons (Fsp3) is 0.267. The molecule has 0 aliphatic carbocycles. The summed E-state index contributed by atoms with van der Waals surface area (Å²) in [6, 6.07) is 9.31. The molecule has 2 aromatic rings. The number of halogens is 3. The van der Waals surface area contributed by atoms with Gasteiger partial charge in [0.1, 0.15) is 6.04 Å². The lowest BCUT2D eigenvalue weighted by molar-refractivity contribution is -0.158. The van der Waals surface area contributed by atoms with Gasteiger partial charge in [-0.3, -0.25) is 5.32 Å². The van der Waals surface area contributed by atoms with E-state index >= 15 is 0 Å². The van der Waals surface area contributed by atoms with Crippen LogP contribution in [0.4, 0.5) is 13.2 Å². The smallest absolute Gasteiger partial charge is 0.407 e. The molecular weight excluding hydrogens is 281 g/mol. The van der Waals surface area contributed by atoms with Crippen LogP contribution in [0.5, 0.6) is 5.88 Å². The van der Waals surface area contributed by atoms with E-state index in [1.165, 1.54) is 25.4 Å². The topological polar surface area (TPSA) is 34.1 Å². The van der Waals surface area contributed by atoms with Crippen LogP contribution >= 0.6 is 0 Å². The highest BCUT2D eigenvalue weighted by Gasteiger charge is 2.40. The van der Waals surface area contributed by atoms with Crippen LogP contribution in [0.15, 0.2) is 48.7 Å². The van der Waals surface area contributed by atoms with Crippen molar-refractivity contribution in [3.8, 4) is 5.88 Å². The average molecular weight is 296 g/mol. The molecule has 2 rings (SSSR count). The Morgan fingerprint density at radius 3 is 2.52 bits per heavy atom. The number of rotatable bonds is 5. The molecule has 0 saturated carbocycles. The van der Waals surface area contributed by atoms with E-state index in [0.29, 0.717) is 11.4 Å². The molecule has 0 aliphatic heterocycles. The molecule has 0 fully saturated rings. The lowest BCUT2D eigenvalue weighted by Gasteiger charge is -2.22. The summed E-state index contributed by atoms with van der Waals surface area (Å²) in [4.78, 5) is 3.92. The van der Waals surface area contributed by atoms with Crippen molar-refractivity contribution in [2.24, 2.45) is 0 Å². The Labute approximate surface area is 120 Å². The van der Waals surface area contributed by atoms with Crippen molar-refractivity contribution in [2.75, 3.05) is 7.11 Å². The summed E-state index contributed by atoms with van der Waals surface area (Å²) in [6.45, 7) is 0.0674. The van der Waals surface area contributed by atoms with Crippen molar-refractivity contribution in [3.63, 3.8) is 0 Å². The van der Waals surface area contributed by atoms with Gasteiger partial charge >= 0.3 is 6.18 Å². The van der Waals surface area contributed by atoms with Crippen LogP contribution in [0.1, 0.15) is 17.2 Å². The lowest BCUT2D eigenvalue weighted by Crippen LogP contribution is -2.33. The molecule has 1 N–H and O–H groups in total. The Bertz CT molecular complexity index is 573. The van der Waals surface area contributed by atoms with E-state index in [0.717, 1.165) is 0 Å². The van der Waals surface area contributed by atoms with Gasteiger partial charge in [-0.2, -0.15) is 13.2 Å². The molecule has 6 heteroatoms. The van der Waals surface area contributed by atoms with Crippen LogP contribution in [0.25, 0.3) is 0 Å². The molecule has 112 valence electrons. The van der Waals surface area contributed by atoms with E-state index < -0.39 is 12.2 Å². The molecule has 1 atom stereocenters. The summed E-state index contributed by atoms with van der Waals surface area (Å²) >= 11 is 0. The fourth-order valence-corrected chi connectivity index (χ4v) is 1.96. The van der Waals surface area contributed by atoms with Crippen LogP contribution in [-0.2, 0) is 6.54 Å². The summed E-state index contributed by atoms with van der Waals surface area (Å²) in [7, 11) is 1.46. The first-order valence-corrected chi connectivity index (χ1v) is 6.34. The Hall–Kier alpha value is -2.08. The van der Waals surface area contributed by atoms with Gasteiger partial charge in [-0.05, 0) is 17.2 Å². The number of aromatic nitrogens is 1. The summed E-state index contributed by atoms with van der Waals surface area (Å²) in [5.41, 5.74) is 0.859. The van der Waals surface area contributed by atoms with Crippen LogP contribution in [0, 0.1) is 0 Å². The first kappa shape index (κ1) is 15.3. The summed E-state index contributed by atoms with van der Waals surface area (Å²) in [5, 5.41) is 2.54. The number of hydrogen-bond acceptors (Lipinski definition) is 3. The largest absolute Gasteiger partial charge is 0.481 e. The molecule has 0 bridgehead atoms. The molecule has 1 aromatic carbocycles. The fourth-order valence-electron chi connectivity index (χ4n) is 1.96. The number of nitrogens with one attached hydrogen (secondary N) is 1. The van der Waals surface area contributed by atoms with E-state index in [-0.39, 0.29) is 12.1 Å². The second kappa shape index (κ2) is 6.58. The third-order valence-electron chi connectivity index (χ3n) is 2.98. The minimum atomic E-state index is -4.36. The highest BCUT2D eigenvalue weighted by molar-refractivity contribution is 5.23. The first-order chi connectivity index (χ1) is 10.0. The molecule has 1 aromatic heterocycles. The normalized spacial score (nSPS) is 13.0. The van der Waals surface area contributed by atoms with Crippen molar-refractivity contribution in [3.05, 3.63) is 59.8 Å². The second-order valence-corrected chi connectivity index (χ2v) is 4.47. The maximum Gasteiger partial charge on any atom is 0.407 e. The van der Waals surface area contributed by atoms with Gasteiger partial charge in [0, 0.05) is 18.8 Å². The molecule has 3 nitrogen and oxygen atoms in total. The van der Waals surface area contributed by atoms with Gasteiger partial charge in [-0.15, -0.1) is 0 Å². The van der Waals surface area contributed by atoms with Gasteiger partial charge in [0.05, 0.1) is 7.11 Å². The molecule has 0 spiro atoms. The SMILES string of the molecule is COc1cc(CNC(c2ccccc2)C(F)(F)F)ccn1. The molecule has 0 amide bonds. The zero-order valence-corrected chi connectivity index (χ0v) is 11.4. The summed E-state index contributed by atoms with van der Waals surface area (Å²) < 4.78 is 44.4.